The maximum Gasteiger partial charge on any atom is 0.330 e. The summed E-state index contributed by atoms with van der Waals surface area (Å²) in [7, 11) is 3.23. The lowest BCUT2D eigenvalue weighted by Crippen LogP contribution is -2.39. The molecule has 1 aromatic heterocycles. The third-order valence-electron chi connectivity index (χ3n) is 5.58. The van der Waals surface area contributed by atoms with E-state index in [0.717, 1.165) is 18.7 Å². The van der Waals surface area contributed by atoms with Crippen molar-refractivity contribution in [3.05, 3.63) is 56.4 Å². The zero-order chi connectivity index (χ0) is 18.1. The number of likely N-dealkylation sites (tertiary alicyclic amines) is 1. The van der Waals surface area contributed by atoms with Crippen LogP contribution in [0.5, 0.6) is 0 Å². The molecular weight excluding hydrogens is 314 g/mol. The van der Waals surface area contributed by atoms with Gasteiger partial charge in [-0.3, -0.25) is 14.3 Å². The van der Waals surface area contributed by atoms with Crippen LogP contribution < -0.4 is 11.2 Å². The number of rotatable bonds is 3. The molecule has 2 aromatic rings. The Hall–Kier alpha value is -2.14. The van der Waals surface area contributed by atoms with Crippen molar-refractivity contribution in [2.24, 2.45) is 14.1 Å². The molecule has 0 amide bonds. The Balaban J connectivity index is 1.96. The van der Waals surface area contributed by atoms with Crippen molar-refractivity contribution < 1.29 is 0 Å². The standard InChI is InChI=1S/C20H27N3O2/c1-14(23-12-6-5-7-13-23)16-8-10-17(11-9-16)18-15(2)21(3)20(25)22(4)19(18)24/h8-11,14H,5-7,12-13H2,1-4H3/t14-/m0/s1. The summed E-state index contributed by atoms with van der Waals surface area (Å²) in [5.74, 6) is 0. The number of benzene rings is 1. The van der Waals surface area contributed by atoms with E-state index in [4.69, 9.17) is 0 Å². The molecule has 1 aliphatic rings. The van der Waals surface area contributed by atoms with Crippen molar-refractivity contribution in [3.8, 4) is 11.1 Å². The molecule has 1 atom stereocenters. The van der Waals surface area contributed by atoms with Crippen LogP contribution in [-0.4, -0.2) is 27.1 Å². The van der Waals surface area contributed by atoms with Gasteiger partial charge >= 0.3 is 5.69 Å². The summed E-state index contributed by atoms with van der Waals surface area (Å²) >= 11 is 0. The smallest absolute Gasteiger partial charge is 0.300 e. The minimum absolute atomic E-state index is 0.238. The van der Waals surface area contributed by atoms with Crippen LogP contribution in [0.25, 0.3) is 11.1 Å². The summed E-state index contributed by atoms with van der Waals surface area (Å²) < 4.78 is 2.70. The van der Waals surface area contributed by atoms with Crippen molar-refractivity contribution in [1.82, 2.24) is 14.0 Å². The van der Waals surface area contributed by atoms with Gasteiger partial charge in [-0.15, -0.1) is 0 Å². The first-order valence-corrected chi connectivity index (χ1v) is 9.03. The van der Waals surface area contributed by atoms with Crippen LogP contribution in [0.15, 0.2) is 33.9 Å². The van der Waals surface area contributed by atoms with Gasteiger partial charge in [-0.1, -0.05) is 30.7 Å². The minimum Gasteiger partial charge on any atom is -0.300 e. The lowest BCUT2D eigenvalue weighted by molar-refractivity contribution is 0.175. The predicted octanol–water partition coefficient (Wildman–Crippen LogP) is 2.61. The molecule has 134 valence electrons. The average Bonchev–Trinajstić information content (AvgIpc) is 2.65. The monoisotopic (exact) mass is 341 g/mol. The van der Waals surface area contributed by atoms with E-state index < -0.39 is 0 Å². The molecule has 0 unspecified atom stereocenters. The number of aromatic nitrogens is 2. The molecule has 25 heavy (non-hydrogen) atoms. The Morgan fingerprint density at radius 1 is 0.920 bits per heavy atom. The normalized spacial score (nSPS) is 16.8. The van der Waals surface area contributed by atoms with Gasteiger partial charge in [0, 0.05) is 25.8 Å². The Morgan fingerprint density at radius 2 is 1.52 bits per heavy atom. The molecule has 1 aliphatic heterocycles. The van der Waals surface area contributed by atoms with E-state index >= 15 is 0 Å². The van der Waals surface area contributed by atoms with Gasteiger partial charge in [-0.25, -0.2) is 4.79 Å². The third-order valence-corrected chi connectivity index (χ3v) is 5.58. The van der Waals surface area contributed by atoms with E-state index in [9.17, 15) is 9.59 Å². The zero-order valence-corrected chi connectivity index (χ0v) is 15.6. The van der Waals surface area contributed by atoms with Gasteiger partial charge in [0.25, 0.3) is 5.56 Å². The van der Waals surface area contributed by atoms with Crippen molar-refractivity contribution in [2.45, 2.75) is 39.2 Å². The first kappa shape index (κ1) is 17.7. The van der Waals surface area contributed by atoms with Gasteiger partial charge in [-0.05, 0) is 50.9 Å². The van der Waals surface area contributed by atoms with Gasteiger partial charge in [0.15, 0.2) is 0 Å². The number of hydrogen-bond acceptors (Lipinski definition) is 3. The summed E-state index contributed by atoms with van der Waals surface area (Å²) in [6.07, 6.45) is 3.88. The van der Waals surface area contributed by atoms with Crippen molar-refractivity contribution in [3.63, 3.8) is 0 Å². The van der Waals surface area contributed by atoms with E-state index in [-0.39, 0.29) is 11.2 Å². The van der Waals surface area contributed by atoms with Crippen LogP contribution in [0, 0.1) is 6.92 Å². The highest BCUT2D eigenvalue weighted by molar-refractivity contribution is 5.65. The zero-order valence-electron chi connectivity index (χ0n) is 15.6. The average molecular weight is 341 g/mol. The van der Waals surface area contributed by atoms with Gasteiger partial charge in [-0.2, -0.15) is 0 Å². The SMILES string of the molecule is Cc1c(-c2ccc([C@H](C)N3CCCCC3)cc2)c(=O)n(C)c(=O)n1C. The van der Waals surface area contributed by atoms with Gasteiger partial charge < -0.3 is 4.57 Å². The fourth-order valence-electron chi connectivity index (χ4n) is 3.72. The molecule has 0 saturated carbocycles. The second kappa shape index (κ2) is 7.00. The number of piperidine rings is 1. The highest BCUT2D eigenvalue weighted by atomic mass is 16.2. The number of nitrogens with zero attached hydrogens (tertiary/aromatic N) is 3. The lowest BCUT2D eigenvalue weighted by Gasteiger charge is -2.32. The molecule has 0 N–H and O–H groups in total. The fraction of sp³-hybridized carbons (Fsp3) is 0.500. The van der Waals surface area contributed by atoms with E-state index in [1.807, 2.05) is 19.1 Å². The van der Waals surface area contributed by atoms with E-state index in [2.05, 4.69) is 24.0 Å². The highest BCUT2D eigenvalue weighted by Crippen LogP contribution is 2.26. The Labute approximate surface area is 148 Å². The summed E-state index contributed by atoms with van der Waals surface area (Å²) in [6.45, 7) is 6.38. The maximum atomic E-state index is 12.6. The van der Waals surface area contributed by atoms with Crippen molar-refractivity contribution in [1.29, 1.82) is 0 Å². The molecule has 5 heteroatoms. The largest absolute Gasteiger partial charge is 0.330 e. The van der Waals surface area contributed by atoms with Crippen molar-refractivity contribution >= 4 is 0 Å². The van der Waals surface area contributed by atoms with Crippen LogP contribution in [0.1, 0.15) is 43.5 Å². The van der Waals surface area contributed by atoms with E-state index in [1.165, 1.54) is 41.0 Å². The Kier molecular flexibility index (Phi) is 4.95. The van der Waals surface area contributed by atoms with Crippen LogP contribution in [-0.2, 0) is 14.1 Å². The van der Waals surface area contributed by atoms with Crippen LogP contribution in [0.2, 0.25) is 0 Å². The maximum absolute atomic E-state index is 12.6. The van der Waals surface area contributed by atoms with Gasteiger partial charge in [0.05, 0.1) is 5.56 Å². The first-order valence-electron chi connectivity index (χ1n) is 9.03. The molecule has 2 heterocycles. The summed E-state index contributed by atoms with van der Waals surface area (Å²) in [5.41, 5.74) is 2.90. The fourth-order valence-corrected chi connectivity index (χ4v) is 3.72. The Morgan fingerprint density at radius 3 is 2.12 bits per heavy atom. The van der Waals surface area contributed by atoms with Gasteiger partial charge in [0.1, 0.15) is 0 Å². The van der Waals surface area contributed by atoms with Crippen LogP contribution in [0.3, 0.4) is 0 Å². The molecule has 5 nitrogen and oxygen atoms in total. The first-order chi connectivity index (χ1) is 11.9. The van der Waals surface area contributed by atoms with Gasteiger partial charge in [0.2, 0.25) is 0 Å². The highest BCUT2D eigenvalue weighted by Gasteiger charge is 2.19. The molecule has 1 fully saturated rings. The molecule has 1 saturated heterocycles. The second-order valence-corrected chi connectivity index (χ2v) is 7.06. The number of hydrogen-bond donors (Lipinski definition) is 0. The topological polar surface area (TPSA) is 47.2 Å². The van der Waals surface area contributed by atoms with Crippen molar-refractivity contribution in [2.75, 3.05) is 13.1 Å². The van der Waals surface area contributed by atoms with E-state index in [0.29, 0.717) is 17.3 Å². The molecule has 0 bridgehead atoms. The lowest BCUT2D eigenvalue weighted by atomic mass is 9.99. The molecule has 1 aromatic carbocycles. The minimum atomic E-state index is -0.290. The third kappa shape index (κ3) is 3.21. The summed E-state index contributed by atoms with van der Waals surface area (Å²) in [5, 5.41) is 0. The van der Waals surface area contributed by atoms with Crippen LogP contribution >= 0.6 is 0 Å². The molecule has 0 aliphatic carbocycles. The molecule has 0 spiro atoms. The molecular formula is C20H27N3O2. The predicted molar refractivity (Wildman–Crippen MR) is 101 cm³/mol. The molecule has 0 radical (unpaired) electrons. The second-order valence-electron chi connectivity index (χ2n) is 7.06. The van der Waals surface area contributed by atoms with Crippen LogP contribution in [0.4, 0.5) is 0 Å². The molecule has 3 rings (SSSR count). The Bertz CT molecular complexity index is 872. The quantitative estimate of drug-likeness (QED) is 0.862. The summed E-state index contributed by atoms with van der Waals surface area (Å²) in [6, 6.07) is 8.61. The summed E-state index contributed by atoms with van der Waals surface area (Å²) in [4.78, 5) is 27.1. The van der Waals surface area contributed by atoms with E-state index in [1.54, 1.807) is 7.05 Å².